The average molecular weight is 341 g/mol. The van der Waals surface area contributed by atoms with Crippen LogP contribution in [0.15, 0.2) is 48.5 Å². The summed E-state index contributed by atoms with van der Waals surface area (Å²) in [5.41, 5.74) is 3.28. The monoisotopic (exact) mass is 341 g/mol. The van der Waals surface area contributed by atoms with E-state index in [0.29, 0.717) is 12.1 Å². The molecule has 132 valence electrons. The first-order chi connectivity index (χ1) is 12.1. The van der Waals surface area contributed by atoms with Crippen molar-refractivity contribution in [1.82, 2.24) is 10.2 Å². The Morgan fingerprint density at radius 3 is 2.80 bits per heavy atom. The number of halogens is 1. The molecule has 1 aliphatic heterocycles. The minimum atomic E-state index is -0.499. The molecule has 5 heteroatoms. The largest absolute Gasteiger partial charge is 0.369 e. The number of benzene rings is 2. The number of nitrogens with one attached hydrogen (secondary N) is 1. The van der Waals surface area contributed by atoms with E-state index in [2.05, 4.69) is 28.4 Å². The van der Waals surface area contributed by atoms with Crippen molar-refractivity contribution in [3.8, 4) is 0 Å². The standard InChI is InChI=1S/C20H24FN3O/c1-23(2)19(16-7-5-8-17(21)14-16)20(25)22-11-13-24-12-10-15-6-3-4-9-18(15)24/h3-9,14,19H,10-13H2,1-2H3,(H,22,25)/t19-/m0/s1. The van der Waals surface area contributed by atoms with E-state index in [4.69, 9.17) is 0 Å². The molecule has 0 unspecified atom stereocenters. The van der Waals surface area contributed by atoms with Crippen molar-refractivity contribution in [2.45, 2.75) is 12.5 Å². The van der Waals surface area contributed by atoms with Crippen LogP contribution in [0, 0.1) is 5.82 Å². The van der Waals surface area contributed by atoms with Crippen molar-refractivity contribution in [1.29, 1.82) is 0 Å². The van der Waals surface area contributed by atoms with Crippen LogP contribution in [-0.4, -0.2) is 44.5 Å². The first kappa shape index (κ1) is 17.4. The quantitative estimate of drug-likeness (QED) is 0.877. The summed E-state index contributed by atoms with van der Waals surface area (Å²) >= 11 is 0. The van der Waals surface area contributed by atoms with Crippen LogP contribution in [0.2, 0.25) is 0 Å². The molecule has 4 nitrogen and oxygen atoms in total. The van der Waals surface area contributed by atoms with E-state index in [0.717, 1.165) is 19.5 Å². The van der Waals surface area contributed by atoms with Crippen molar-refractivity contribution in [3.05, 3.63) is 65.5 Å². The van der Waals surface area contributed by atoms with Crippen molar-refractivity contribution in [3.63, 3.8) is 0 Å². The molecule has 0 spiro atoms. The first-order valence-electron chi connectivity index (χ1n) is 8.58. The Labute approximate surface area is 148 Å². The minimum Gasteiger partial charge on any atom is -0.369 e. The molecule has 2 aromatic carbocycles. The van der Waals surface area contributed by atoms with Crippen molar-refractivity contribution >= 4 is 11.6 Å². The molecule has 1 aliphatic rings. The van der Waals surface area contributed by atoms with Gasteiger partial charge < -0.3 is 10.2 Å². The molecule has 0 radical (unpaired) electrons. The molecule has 0 aliphatic carbocycles. The van der Waals surface area contributed by atoms with Crippen LogP contribution in [0.5, 0.6) is 0 Å². The molecule has 0 aromatic heterocycles. The number of carbonyl (C=O) groups excluding carboxylic acids is 1. The van der Waals surface area contributed by atoms with Gasteiger partial charge in [0.1, 0.15) is 11.9 Å². The number of anilines is 1. The summed E-state index contributed by atoms with van der Waals surface area (Å²) < 4.78 is 13.5. The Morgan fingerprint density at radius 1 is 1.24 bits per heavy atom. The van der Waals surface area contributed by atoms with Crippen LogP contribution < -0.4 is 10.2 Å². The molecule has 0 saturated carbocycles. The molecule has 25 heavy (non-hydrogen) atoms. The Bertz CT molecular complexity index is 747. The number of hydrogen-bond acceptors (Lipinski definition) is 3. The minimum absolute atomic E-state index is 0.108. The maximum Gasteiger partial charge on any atom is 0.242 e. The molecular formula is C20H24FN3O. The summed E-state index contributed by atoms with van der Waals surface area (Å²) in [6, 6.07) is 14.1. The summed E-state index contributed by atoms with van der Waals surface area (Å²) in [7, 11) is 3.65. The first-order valence-corrected chi connectivity index (χ1v) is 8.58. The van der Waals surface area contributed by atoms with Gasteiger partial charge in [0, 0.05) is 25.3 Å². The van der Waals surface area contributed by atoms with Gasteiger partial charge in [0.2, 0.25) is 5.91 Å². The number of amides is 1. The van der Waals surface area contributed by atoms with Crippen molar-refractivity contribution in [2.75, 3.05) is 38.6 Å². The second kappa shape index (κ2) is 7.66. The summed E-state index contributed by atoms with van der Waals surface area (Å²) in [6.45, 7) is 2.31. The molecule has 1 amide bonds. The zero-order valence-electron chi connectivity index (χ0n) is 14.7. The fourth-order valence-corrected chi connectivity index (χ4v) is 3.41. The molecule has 0 fully saturated rings. The fourth-order valence-electron chi connectivity index (χ4n) is 3.41. The van der Waals surface area contributed by atoms with Crippen LogP contribution in [0.4, 0.5) is 10.1 Å². The topological polar surface area (TPSA) is 35.6 Å². The van der Waals surface area contributed by atoms with Gasteiger partial charge in [-0.15, -0.1) is 0 Å². The molecular weight excluding hydrogens is 317 g/mol. The van der Waals surface area contributed by atoms with Gasteiger partial charge in [0.05, 0.1) is 0 Å². The normalized spacial score (nSPS) is 14.5. The van der Waals surface area contributed by atoms with Crippen molar-refractivity contribution < 1.29 is 9.18 Å². The Morgan fingerprint density at radius 2 is 2.04 bits per heavy atom. The van der Waals surface area contributed by atoms with Crippen molar-refractivity contribution in [2.24, 2.45) is 0 Å². The van der Waals surface area contributed by atoms with Gasteiger partial charge in [-0.2, -0.15) is 0 Å². The second-order valence-electron chi connectivity index (χ2n) is 6.58. The molecule has 1 atom stereocenters. The van der Waals surface area contributed by atoms with Crippen LogP contribution >= 0.6 is 0 Å². The second-order valence-corrected chi connectivity index (χ2v) is 6.58. The molecule has 3 rings (SSSR count). The van der Waals surface area contributed by atoms with E-state index in [1.165, 1.54) is 23.4 Å². The van der Waals surface area contributed by atoms with E-state index in [-0.39, 0.29) is 11.7 Å². The van der Waals surface area contributed by atoms with E-state index < -0.39 is 6.04 Å². The number of para-hydroxylation sites is 1. The summed E-state index contributed by atoms with van der Waals surface area (Å²) in [4.78, 5) is 16.7. The summed E-state index contributed by atoms with van der Waals surface area (Å²) in [5.74, 6) is -0.436. The van der Waals surface area contributed by atoms with Crippen LogP contribution in [0.1, 0.15) is 17.2 Å². The number of carbonyl (C=O) groups is 1. The van der Waals surface area contributed by atoms with Gasteiger partial charge in [-0.25, -0.2) is 4.39 Å². The zero-order valence-corrected chi connectivity index (χ0v) is 14.7. The van der Waals surface area contributed by atoms with Crippen LogP contribution in [0.3, 0.4) is 0 Å². The Kier molecular flexibility index (Phi) is 5.34. The Hall–Kier alpha value is -2.40. The Balaban J connectivity index is 1.59. The lowest BCUT2D eigenvalue weighted by molar-refractivity contribution is -0.125. The van der Waals surface area contributed by atoms with E-state index >= 15 is 0 Å². The summed E-state index contributed by atoms with van der Waals surface area (Å²) in [5, 5.41) is 3.00. The molecule has 0 saturated heterocycles. The highest BCUT2D eigenvalue weighted by molar-refractivity contribution is 5.83. The third-order valence-corrected chi connectivity index (χ3v) is 4.59. The van der Waals surface area contributed by atoms with Gasteiger partial charge in [-0.05, 0) is 49.8 Å². The average Bonchev–Trinajstić information content (AvgIpc) is 2.98. The zero-order chi connectivity index (χ0) is 17.8. The van der Waals surface area contributed by atoms with Gasteiger partial charge in [-0.3, -0.25) is 9.69 Å². The third kappa shape index (κ3) is 3.99. The fraction of sp³-hybridized carbons (Fsp3) is 0.350. The highest BCUT2D eigenvalue weighted by Crippen LogP contribution is 2.26. The van der Waals surface area contributed by atoms with Gasteiger partial charge >= 0.3 is 0 Å². The van der Waals surface area contributed by atoms with Crippen LogP contribution in [0.25, 0.3) is 0 Å². The number of fused-ring (bicyclic) bond motifs is 1. The van der Waals surface area contributed by atoms with Gasteiger partial charge in [0.25, 0.3) is 0 Å². The molecule has 1 heterocycles. The lowest BCUT2D eigenvalue weighted by Crippen LogP contribution is -2.40. The molecule has 0 bridgehead atoms. The van der Waals surface area contributed by atoms with Gasteiger partial charge in [-0.1, -0.05) is 30.3 Å². The number of hydrogen-bond donors (Lipinski definition) is 1. The smallest absolute Gasteiger partial charge is 0.242 e. The predicted molar refractivity (Wildman–Crippen MR) is 98.2 cm³/mol. The lowest BCUT2D eigenvalue weighted by Gasteiger charge is -2.25. The lowest BCUT2D eigenvalue weighted by atomic mass is 10.1. The van der Waals surface area contributed by atoms with E-state index in [1.54, 1.807) is 17.0 Å². The number of rotatable bonds is 6. The van der Waals surface area contributed by atoms with E-state index in [1.807, 2.05) is 20.2 Å². The van der Waals surface area contributed by atoms with Crippen LogP contribution in [-0.2, 0) is 11.2 Å². The summed E-state index contributed by atoms with van der Waals surface area (Å²) in [6.07, 6.45) is 1.05. The highest BCUT2D eigenvalue weighted by Gasteiger charge is 2.24. The highest BCUT2D eigenvalue weighted by atomic mass is 19.1. The van der Waals surface area contributed by atoms with Gasteiger partial charge in [0.15, 0.2) is 0 Å². The van der Waals surface area contributed by atoms with E-state index in [9.17, 15) is 9.18 Å². The number of likely N-dealkylation sites (N-methyl/N-ethyl adjacent to an activating group) is 1. The SMILES string of the molecule is CN(C)[C@H](C(=O)NCCN1CCc2ccccc21)c1cccc(F)c1. The maximum absolute atomic E-state index is 13.5. The maximum atomic E-state index is 13.5. The third-order valence-electron chi connectivity index (χ3n) is 4.59. The molecule has 2 aromatic rings. The molecule has 1 N–H and O–H groups in total. The number of nitrogens with zero attached hydrogens (tertiary/aromatic N) is 2. The predicted octanol–water partition coefficient (Wildman–Crippen LogP) is 2.61.